The lowest BCUT2D eigenvalue weighted by atomic mass is 10.1. The van der Waals surface area contributed by atoms with Crippen molar-refractivity contribution in [2.75, 3.05) is 0 Å². The molecule has 0 bridgehead atoms. The molecular formula is C6H8N2O. The minimum atomic E-state index is -0.519. The van der Waals surface area contributed by atoms with E-state index in [0.29, 0.717) is 0 Å². The van der Waals surface area contributed by atoms with Gasteiger partial charge in [-0.05, 0) is 12.5 Å². The molecule has 1 heterocycles. The zero-order valence-electron chi connectivity index (χ0n) is 5.16. The molecule has 0 unspecified atom stereocenters. The third-order valence-electron chi connectivity index (χ3n) is 1.12. The van der Waals surface area contributed by atoms with Crippen molar-refractivity contribution in [3.8, 4) is 0 Å². The van der Waals surface area contributed by atoms with Crippen molar-refractivity contribution in [2.24, 2.45) is 10.7 Å². The molecule has 48 valence electrons. The number of carbonyl (C=O) groups is 1. The van der Waals surface area contributed by atoms with Gasteiger partial charge in [0, 0.05) is 6.21 Å². The third-order valence-corrected chi connectivity index (χ3v) is 1.12. The van der Waals surface area contributed by atoms with Gasteiger partial charge in [-0.3, -0.25) is 4.79 Å². The van der Waals surface area contributed by atoms with E-state index in [1.165, 1.54) is 6.21 Å². The number of carbonyl (C=O) groups excluding carboxylic acids is 1. The van der Waals surface area contributed by atoms with Crippen LogP contribution in [0.3, 0.4) is 0 Å². The Hall–Kier alpha value is -0.960. The summed E-state index contributed by atoms with van der Waals surface area (Å²) in [7, 11) is 0. The molecule has 1 aliphatic heterocycles. The van der Waals surface area contributed by atoms with Crippen LogP contribution in [0.15, 0.2) is 16.6 Å². The number of aliphatic imine (C=N–C) groups is 1. The summed E-state index contributed by atoms with van der Waals surface area (Å²) in [4.78, 5) is 14.1. The third kappa shape index (κ3) is 1.23. The maximum Gasteiger partial charge on any atom is 0.266 e. The molecule has 0 aromatic rings. The van der Waals surface area contributed by atoms with Crippen LogP contribution in [0.25, 0.3) is 0 Å². The molecule has 0 fully saturated rings. The maximum atomic E-state index is 10.6. The smallest absolute Gasteiger partial charge is 0.266 e. The van der Waals surface area contributed by atoms with Gasteiger partial charge in [-0.1, -0.05) is 6.08 Å². The van der Waals surface area contributed by atoms with E-state index in [1.807, 2.05) is 6.92 Å². The van der Waals surface area contributed by atoms with Crippen LogP contribution in [0.1, 0.15) is 6.92 Å². The van der Waals surface area contributed by atoms with Gasteiger partial charge >= 0.3 is 0 Å². The maximum absolute atomic E-state index is 10.6. The Morgan fingerprint density at radius 1 is 1.78 bits per heavy atom. The van der Waals surface area contributed by atoms with Crippen LogP contribution in [0.5, 0.6) is 0 Å². The van der Waals surface area contributed by atoms with Gasteiger partial charge in [0.2, 0.25) is 0 Å². The van der Waals surface area contributed by atoms with Crippen molar-refractivity contribution >= 4 is 12.1 Å². The Morgan fingerprint density at radius 3 is 2.89 bits per heavy atom. The molecule has 1 rings (SSSR count). The van der Waals surface area contributed by atoms with Gasteiger partial charge in [-0.25, -0.2) is 4.99 Å². The number of dihydropyridines is 1. The lowest BCUT2D eigenvalue weighted by Gasteiger charge is -2.05. The van der Waals surface area contributed by atoms with Crippen LogP contribution in [0.2, 0.25) is 0 Å². The van der Waals surface area contributed by atoms with Gasteiger partial charge in [-0.2, -0.15) is 0 Å². The lowest BCUT2D eigenvalue weighted by Crippen LogP contribution is -2.29. The highest BCUT2D eigenvalue weighted by atomic mass is 16.1. The summed E-state index contributed by atoms with van der Waals surface area (Å²) in [6.45, 7) is 1.86. The van der Waals surface area contributed by atoms with Gasteiger partial charge in [0.15, 0.2) is 0 Å². The molecule has 0 radical (unpaired) electrons. The largest absolute Gasteiger partial charge is 0.317 e. The minimum Gasteiger partial charge on any atom is -0.317 e. The highest BCUT2D eigenvalue weighted by Gasteiger charge is 2.11. The van der Waals surface area contributed by atoms with Crippen molar-refractivity contribution in [3.05, 3.63) is 11.6 Å². The summed E-state index contributed by atoms with van der Waals surface area (Å²) in [5.41, 5.74) is 6.28. The average molecular weight is 124 g/mol. The van der Waals surface area contributed by atoms with E-state index in [-0.39, 0.29) is 5.91 Å². The van der Waals surface area contributed by atoms with Crippen LogP contribution in [-0.2, 0) is 4.79 Å². The van der Waals surface area contributed by atoms with Crippen molar-refractivity contribution in [1.82, 2.24) is 0 Å². The number of nitrogens with two attached hydrogens (primary N) is 1. The minimum absolute atomic E-state index is 0.263. The predicted molar refractivity (Wildman–Crippen MR) is 35.2 cm³/mol. The molecule has 0 aromatic carbocycles. The highest BCUT2D eigenvalue weighted by molar-refractivity contribution is 5.98. The summed E-state index contributed by atoms with van der Waals surface area (Å²) in [6, 6.07) is -0.519. The van der Waals surface area contributed by atoms with Gasteiger partial charge < -0.3 is 5.73 Å². The molecule has 1 aliphatic rings. The molecule has 1 amide bonds. The summed E-state index contributed by atoms with van der Waals surface area (Å²) < 4.78 is 0. The number of nitrogens with zero attached hydrogens (tertiary/aromatic N) is 1. The standard InChI is InChI=1S/C6H8N2O/c1-4-2-5(7)6(9)8-3-4/h2-3,5H,7H2,1H3/t5-/m1/s1. The van der Waals surface area contributed by atoms with Gasteiger partial charge in [0.25, 0.3) is 5.91 Å². The van der Waals surface area contributed by atoms with E-state index in [2.05, 4.69) is 4.99 Å². The van der Waals surface area contributed by atoms with Crippen molar-refractivity contribution < 1.29 is 4.79 Å². The van der Waals surface area contributed by atoms with Crippen LogP contribution < -0.4 is 5.73 Å². The van der Waals surface area contributed by atoms with E-state index in [9.17, 15) is 4.79 Å². The molecule has 1 atom stereocenters. The summed E-state index contributed by atoms with van der Waals surface area (Å²) in [5.74, 6) is -0.263. The Kier molecular flexibility index (Phi) is 1.44. The molecule has 0 saturated heterocycles. The number of hydrogen-bond donors (Lipinski definition) is 1. The fourth-order valence-corrected chi connectivity index (χ4v) is 0.649. The SMILES string of the molecule is CC1=C[C@@H](N)C(=O)N=C1. The normalized spacial score (nSPS) is 26.2. The van der Waals surface area contributed by atoms with E-state index in [0.717, 1.165) is 5.57 Å². The average Bonchev–Trinajstić information content (AvgIpc) is 1.80. The van der Waals surface area contributed by atoms with Crippen LogP contribution in [-0.4, -0.2) is 18.2 Å². The number of amides is 1. The molecule has 3 heteroatoms. The summed E-state index contributed by atoms with van der Waals surface area (Å²) in [6.07, 6.45) is 3.21. The van der Waals surface area contributed by atoms with E-state index in [4.69, 9.17) is 5.73 Å². The molecule has 0 aromatic heterocycles. The molecule has 0 spiro atoms. The first kappa shape index (κ1) is 6.16. The molecule has 0 saturated carbocycles. The van der Waals surface area contributed by atoms with Crippen molar-refractivity contribution in [3.63, 3.8) is 0 Å². The fourth-order valence-electron chi connectivity index (χ4n) is 0.649. The number of rotatable bonds is 0. The Morgan fingerprint density at radius 2 is 2.44 bits per heavy atom. The first-order chi connectivity index (χ1) is 4.20. The van der Waals surface area contributed by atoms with Crippen molar-refractivity contribution in [2.45, 2.75) is 13.0 Å². The van der Waals surface area contributed by atoms with Crippen LogP contribution in [0, 0.1) is 0 Å². The fraction of sp³-hybridized carbons (Fsp3) is 0.333. The van der Waals surface area contributed by atoms with Crippen LogP contribution >= 0.6 is 0 Å². The first-order valence-electron chi connectivity index (χ1n) is 2.72. The topological polar surface area (TPSA) is 55.5 Å². The lowest BCUT2D eigenvalue weighted by molar-refractivity contribution is -0.118. The Bertz CT molecular complexity index is 193. The highest BCUT2D eigenvalue weighted by Crippen LogP contribution is 1.99. The second-order valence-corrected chi connectivity index (χ2v) is 2.03. The Balaban J connectivity index is 2.82. The first-order valence-corrected chi connectivity index (χ1v) is 2.72. The molecule has 2 N–H and O–H groups in total. The molecule has 3 nitrogen and oxygen atoms in total. The molecular weight excluding hydrogens is 116 g/mol. The predicted octanol–water partition coefficient (Wildman–Crippen LogP) is -0.129. The van der Waals surface area contributed by atoms with E-state index in [1.54, 1.807) is 6.08 Å². The number of hydrogen-bond acceptors (Lipinski definition) is 2. The second kappa shape index (κ2) is 2.11. The zero-order chi connectivity index (χ0) is 6.85. The molecule has 9 heavy (non-hydrogen) atoms. The Labute approximate surface area is 53.3 Å². The van der Waals surface area contributed by atoms with E-state index >= 15 is 0 Å². The van der Waals surface area contributed by atoms with E-state index < -0.39 is 6.04 Å². The zero-order valence-corrected chi connectivity index (χ0v) is 5.16. The quantitative estimate of drug-likeness (QED) is 0.489. The van der Waals surface area contributed by atoms with Gasteiger partial charge in [0.1, 0.15) is 6.04 Å². The summed E-state index contributed by atoms with van der Waals surface area (Å²) in [5, 5.41) is 0. The van der Waals surface area contributed by atoms with Gasteiger partial charge in [0.05, 0.1) is 0 Å². The van der Waals surface area contributed by atoms with Crippen molar-refractivity contribution in [1.29, 1.82) is 0 Å². The monoisotopic (exact) mass is 124 g/mol. The molecule has 0 aliphatic carbocycles. The number of allylic oxidation sites excluding steroid dienone is 1. The van der Waals surface area contributed by atoms with Crippen LogP contribution in [0.4, 0.5) is 0 Å². The second-order valence-electron chi connectivity index (χ2n) is 2.03. The summed E-state index contributed by atoms with van der Waals surface area (Å²) >= 11 is 0. The van der Waals surface area contributed by atoms with Gasteiger partial charge in [-0.15, -0.1) is 0 Å².